The molecule has 0 bridgehead atoms. The Labute approximate surface area is 74.6 Å². The molecule has 0 aromatic heterocycles. The zero-order valence-electron chi connectivity index (χ0n) is 6.50. The van der Waals surface area contributed by atoms with Crippen molar-refractivity contribution in [3.63, 3.8) is 0 Å². The lowest BCUT2D eigenvalue weighted by Crippen LogP contribution is -2.14. The molecule has 2 fully saturated rings. The maximum absolute atomic E-state index is 11.2. The predicted molar refractivity (Wildman–Crippen MR) is 46.4 cm³/mol. The van der Waals surface area contributed by atoms with Gasteiger partial charge in [0.1, 0.15) is 0 Å². The zero-order valence-corrected chi connectivity index (χ0v) is 7.32. The molecule has 0 spiro atoms. The first-order valence-corrected chi connectivity index (χ1v) is 4.92. The molecule has 0 unspecified atom stereocenters. The third-order valence-corrected chi connectivity index (χ3v) is 2.81. The molecule has 2 aliphatic rings. The first-order valence-electron chi connectivity index (χ1n) is 3.94. The largest absolute Gasteiger partial charge is 0.320 e. The van der Waals surface area contributed by atoms with E-state index in [2.05, 4.69) is 5.32 Å². The second-order valence-corrected chi connectivity index (χ2v) is 4.04. The molecule has 3 nitrogen and oxygen atoms in total. The Morgan fingerprint density at radius 3 is 2.83 bits per heavy atom. The summed E-state index contributed by atoms with van der Waals surface area (Å²) >= 11 is 1.40. The summed E-state index contributed by atoms with van der Waals surface area (Å²) in [4.78, 5) is 22.0. The number of carbonyl (C=O) groups is 2. The Morgan fingerprint density at radius 1 is 1.58 bits per heavy atom. The molecule has 0 radical (unpaired) electrons. The van der Waals surface area contributed by atoms with Crippen LogP contribution in [0.5, 0.6) is 0 Å². The van der Waals surface area contributed by atoms with Crippen molar-refractivity contribution >= 4 is 23.5 Å². The highest BCUT2D eigenvalue weighted by Crippen LogP contribution is 2.31. The highest BCUT2D eigenvalue weighted by atomic mass is 32.2. The minimum Gasteiger partial charge on any atom is -0.320 e. The molecule has 0 aromatic carbocycles. The number of nitrogens with one attached hydrogen (secondary N) is 1. The molecule has 12 heavy (non-hydrogen) atoms. The maximum Gasteiger partial charge on any atom is 0.235 e. The zero-order chi connectivity index (χ0) is 8.55. The molecular formula is C8H9NO2S. The van der Waals surface area contributed by atoms with Crippen LogP contribution in [-0.4, -0.2) is 17.4 Å². The number of carbonyl (C=O) groups excluding carboxylic acids is 2. The molecule has 0 aromatic rings. The molecule has 0 atom stereocenters. The molecule has 1 aliphatic carbocycles. The maximum atomic E-state index is 11.2. The number of allylic oxidation sites excluding steroid dienone is 1. The van der Waals surface area contributed by atoms with Crippen molar-refractivity contribution in [3.8, 4) is 0 Å². The molecule has 1 amide bonds. The number of ketones is 1. The van der Waals surface area contributed by atoms with E-state index in [1.807, 2.05) is 0 Å². The van der Waals surface area contributed by atoms with Crippen LogP contribution in [0.1, 0.15) is 12.8 Å². The number of rotatable bonds is 2. The van der Waals surface area contributed by atoms with Gasteiger partial charge in [0, 0.05) is 12.0 Å². The second kappa shape index (κ2) is 2.94. The molecule has 1 aliphatic heterocycles. The van der Waals surface area contributed by atoms with Gasteiger partial charge in [-0.1, -0.05) is 11.8 Å². The highest BCUT2D eigenvalue weighted by Gasteiger charge is 2.29. The Hall–Kier alpha value is -0.770. The van der Waals surface area contributed by atoms with Gasteiger partial charge in [-0.25, -0.2) is 0 Å². The number of hydrogen-bond donors (Lipinski definition) is 1. The average Bonchev–Trinajstić information content (AvgIpc) is 2.78. The van der Waals surface area contributed by atoms with Gasteiger partial charge in [0.05, 0.1) is 10.8 Å². The van der Waals surface area contributed by atoms with Crippen molar-refractivity contribution in [1.29, 1.82) is 0 Å². The monoisotopic (exact) mass is 183 g/mol. The standard InChI is InChI=1S/C8H9NO2S/c10-6(5-1-2-5)3-8-9-7(11)4-12-8/h3,5H,1-2,4H2,(H,9,11). The minimum absolute atomic E-state index is 0.00477. The summed E-state index contributed by atoms with van der Waals surface area (Å²) in [5.74, 6) is 0.856. The lowest BCUT2D eigenvalue weighted by Gasteiger charge is -1.93. The highest BCUT2D eigenvalue weighted by molar-refractivity contribution is 8.04. The first kappa shape index (κ1) is 7.86. The van der Waals surface area contributed by atoms with Gasteiger partial charge in [-0.3, -0.25) is 9.59 Å². The van der Waals surface area contributed by atoms with E-state index in [9.17, 15) is 9.59 Å². The lowest BCUT2D eigenvalue weighted by molar-refractivity contribution is -0.117. The van der Waals surface area contributed by atoms with Crippen molar-refractivity contribution in [2.45, 2.75) is 12.8 Å². The third-order valence-electron chi connectivity index (χ3n) is 1.87. The van der Waals surface area contributed by atoms with E-state index in [0.29, 0.717) is 5.75 Å². The van der Waals surface area contributed by atoms with Crippen LogP contribution in [0.3, 0.4) is 0 Å². The predicted octanol–water partition coefficient (Wildman–Crippen LogP) is 0.670. The fourth-order valence-corrected chi connectivity index (χ4v) is 1.79. The van der Waals surface area contributed by atoms with Gasteiger partial charge in [-0.15, -0.1) is 0 Å². The summed E-state index contributed by atoms with van der Waals surface area (Å²) < 4.78 is 0. The van der Waals surface area contributed by atoms with Crippen molar-refractivity contribution in [2.75, 3.05) is 5.75 Å². The van der Waals surface area contributed by atoms with Gasteiger partial charge in [0.25, 0.3) is 0 Å². The Bertz CT molecular complexity index is 268. The van der Waals surface area contributed by atoms with Crippen molar-refractivity contribution in [2.24, 2.45) is 5.92 Å². The van der Waals surface area contributed by atoms with Gasteiger partial charge in [-0.2, -0.15) is 0 Å². The van der Waals surface area contributed by atoms with E-state index in [0.717, 1.165) is 17.9 Å². The van der Waals surface area contributed by atoms with Crippen LogP contribution in [0, 0.1) is 5.92 Å². The SMILES string of the molecule is O=C1CSC(=CC(=O)C2CC2)N1. The lowest BCUT2D eigenvalue weighted by atomic mass is 10.2. The molecule has 1 saturated carbocycles. The molecule has 1 N–H and O–H groups in total. The Kier molecular flexibility index (Phi) is 1.92. The molecule has 1 heterocycles. The number of thioether (sulfide) groups is 1. The van der Waals surface area contributed by atoms with Gasteiger partial charge < -0.3 is 5.32 Å². The average molecular weight is 183 g/mol. The van der Waals surface area contributed by atoms with Crippen molar-refractivity contribution in [3.05, 3.63) is 11.1 Å². The molecule has 2 rings (SSSR count). The first-order chi connectivity index (χ1) is 5.75. The minimum atomic E-state index is -0.00477. The Balaban J connectivity index is 1.98. The summed E-state index contributed by atoms with van der Waals surface area (Å²) in [6, 6.07) is 0. The second-order valence-electron chi connectivity index (χ2n) is 3.02. The molecule has 1 saturated heterocycles. The molecular weight excluding hydrogens is 174 g/mol. The topological polar surface area (TPSA) is 46.2 Å². The third kappa shape index (κ3) is 1.69. The fourth-order valence-electron chi connectivity index (χ4n) is 1.05. The van der Waals surface area contributed by atoms with Gasteiger partial charge >= 0.3 is 0 Å². The smallest absolute Gasteiger partial charge is 0.235 e. The van der Waals surface area contributed by atoms with Crippen LogP contribution < -0.4 is 5.32 Å². The number of amides is 1. The molecule has 64 valence electrons. The van der Waals surface area contributed by atoms with E-state index in [-0.39, 0.29) is 17.6 Å². The van der Waals surface area contributed by atoms with Gasteiger partial charge in [0.2, 0.25) is 5.91 Å². The van der Waals surface area contributed by atoms with Crippen LogP contribution in [0.2, 0.25) is 0 Å². The van der Waals surface area contributed by atoms with E-state index in [1.54, 1.807) is 6.08 Å². The van der Waals surface area contributed by atoms with Gasteiger partial charge in [0.15, 0.2) is 5.78 Å². The number of hydrogen-bond acceptors (Lipinski definition) is 3. The van der Waals surface area contributed by atoms with Crippen LogP contribution in [0.25, 0.3) is 0 Å². The van der Waals surface area contributed by atoms with Crippen LogP contribution in [0.4, 0.5) is 0 Å². The Morgan fingerprint density at radius 2 is 2.33 bits per heavy atom. The quantitative estimate of drug-likeness (QED) is 0.640. The van der Waals surface area contributed by atoms with E-state index in [1.165, 1.54) is 11.8 Å². The summed E-state index contributed by atoms with van der Waals surface area (Å²) in [6.07, 6.45) is 3.59. The van der Waals surface area contributed by atoms with Crippen molar-refractivity contribution < 1.29 is 9.59 Å². The summed E-state index contributed by atoms with van der Waals surface area (Å²) in [7, 11) is 0. The van der Waals surface area contributed by atoms with Crippen LogP contribution in [0.15, 0.2) is 11.1 Å². The summed E-state index contributed by atoms with van der Waals surface area (Å²) in [5.41, 5.74) is 0. The van der Waals surface area contributed by atoms with Gasteiger partial charge in [-0.05, 0) is 12.8 Å². The normalized spacial score (nSPS) is 26.0. The summed E-state index contributed by atoms with van der Waals surface area (Å²) in [6.45, 7) is 0. The fraction of sp³-hybridized carbons (Fsp3) is 0.500. The van der Waals surface area contributed by atoms with E-state index >= 15 is 0 Å². The van der Waals surface area contributed by atoms with E-state index in [4.69, 9.17) is 0 Å². The molecule has 4 heteroatoms. The summed E-state index contributed by atoms with van der Waals surface area (Å²) in [5, 5.41) is 3.35. The van der Waals surface area contributed by atoms with Crippen LogP contribution >= 0.6 is 11.8 Å². The van der Waals surface area contributed by atoms with E-state index < -0.39 is 0 Å². The van der Waals surface area contributed by atoms with Crippen LogP contribution in [-0.2, 0) is 9.59 Å². The van der Waals surface area contributed by atoms with Crippen molar-refractivity contribution in [1.82, 2.24) is 5.32 Å².